The fourth-order valence-corrected chi connectivity index (χ4v) is 5.64. The first kappa shape index (κ1) is 25.4. The van der Waals surface area contributed by atoms with Crippen LogP contribution in [0.2, 0.25) is 5.02 Å². The molecule has 1 aromatic rings. The summed E-state index contributed by atoms with van der Waals surface area (Å²) in [5, 5.41) is 0.705. The van der Waals surface area contributed by atoms with Crippen LogP contribution < -0.4 is 4.90 Å². The number of likely N-dealkylation sites (tertiary alicyclic amines) is 2. The molecule has 3 fully saturated rings. The van der Waals surface area contributed by atoms with Gasteiger partial charge in [-0.15, -0.1) is 0 Å². The Balaban J connectivity index is 1.39. The maximum atomic E-state index is 12.7. The Labute approximate surface area is 203 Å². The largest absolute Gasteiger partial charge is 0.437 e. The smallest absolute Gasteiger partial charge is 0.425 e. The highest BCUT2D eigenvalue weighted by molar-refractivity contribution is 6.30. The van der Waals surface area contributed by atoms with Gasteiger partial charge in [0.2, 0.25) is 0 Å². The zero-order chi connectivity index (χ0) is 24.5. The van der Waals surface area contributed by atoms with E-state index in [0.29, 0.717) is 24.7 Å². The van der Waals surface area contributed by atoms with Gasteiger partial charge in [-0.2, -0.15) is 13.2 Å². The van der Waals surface area contributed by atoms with Gasteiger partial charge < -0.3 is 19.3 Å². The number of hydrogen-bond acceptors (Lipinski definition) is 5. The van der Waals surface area contributed by atoms with Gasteiger partial charge in [-0.05, 0) is 69.8 Å². The summed E-state index contributed by atoms with van der Waals surface area (Å²) in [6.45, 7) is 7.77. The second kappa shape index (κ2) is 10.1. The van der Waals surface area contributed by atoms with Gasteiger partial charge in [0, 0.05) is 49.0 Å². The number of anilines is 1. The van der Waals surface area contributed by atoms with Crippen molar-refractivity contribution in [2.24, 2.45) is 0 Å². The first-order chi connectivity index (χ1) is 16.1. The Bertz CT molecular complexity index is 877. The van der Waals surface area contributed by atoms with Crippen molar-refractivity contribution >= 4 is 23.4 Å². The van der Waals surface area contributed by atoms with E-state index < -0.39 is 18.4 Å². The minimum Gasteiger partial charge on any atom is -0.437 e. The quantitative estimate of drug-likeness (QED) is 0.573. The lowest BCUT2D eigenvalue weighted by Gasteiger charge is -2.45. The number of hydrogen-bond donors (Lipinski definition) is 0. The first-order valence-corrected chi connectivity index (χ1v) is 12.4. The van der Waals surface area contributed by atoms with Crippen molar-refractivity contribution in [3.05, 3.63) is 28.8 Å². The third kappa shape index (κ3) is 5.74. The summed E-state index contributed by atoms with van der Waals surface area (Å²) in [5.74, 6) is 0. The molecule has 1 spiro atoms. The third-order valence-electron chi connectivity index (χ3n) is 7.35. The van der Waals surface area contributed by atoms with E-state index in [0.717, 1.165) is 70.0 Å². The van der Waals surface area contributed by atoms with E-state index in [1.807, 2.05) is 12.1 Å². The second-order valence-electron chi connectivity index (χ2n) is 9.75. The molecule has 190 valence electrons. The molecule has 0 aliphatic carbocycles. The molecule has 0 saturated carbocycles. The predicted octanol–water partition coefficient (Wildman–Crippen LogP) is 5.08. The summed E-state index contributed by atoms with van der Waals surface area (Å²) in [7, 11) is 0. The molecule has 0 bridgehead atoms. The number of carbonyl (C=O) groups excluding carboxylic acids is 1. The van der Waals surface area contributed by atoms with Crippen molar-refractivity contribution in [3.8, 4) is 0 Å². The highest BCUT2D eigenvalue weighted by Crippen LogP contribution is 2.40. The summed E-state index contributed by atoms with van der Waals surface area (Å²) in [6.07, 6.45) is -3.85. The zero-order valence-corrected chi connectivity index (χ0v) is 20.5. The molecule has 1 amide bonds. The lowest BCUT2D eigenvalue weighted by Crippen LogP contribution is -2.53. The molecule has 3 aliphatic rings. The maximum absolute atomic E-state index is 12.7. The molecule has 4 rings (SSSR count). The Morgan fingerprint density at radius 1 is 1.21 bits per heavy atom. The summed E-state index contributed by atoms with van der Waals surface area (Å²) in [4.78, 5) is 18.4. The Kier molecular flexibility index (Phi) is 7.55. The Morgan fingerprint density at radius 2 is 1.94 bits per heavy atom. The predicted molar refractivity (Wildman–Crippen MR) is 124 cm³/mol. The highest BCUT2D eigenvalue weighted by Gasteiger charge is 2.45. The van der Waals surface area contributed by atoms with E-state index in [9.17, 15) is 18.0 Å². The minimum atomic E-state index is -4.55. The molecule has 2 atom stereocenters. The highest BCUT2D eigenvalue weighted by atomic mass is 35.5. The van der Waals surface area contributed by atoms with E-state index in [1.165, 1.54) is 4.90 Å². The van der Waals surface area contributed by atoms with E-state index in [1.54, 1.807) is 0 Å². The number of benzene rings is 1. The molecular formula is C24H33ClF3N3O3. The van der Waals surface area contributed by atoms with Crippen LogP contribution in [0.5, 0.6) is 0 Å². The average Bonchev–Trinajstić information content (AvgIpc) is 3.14. The molecule has 2 unspecified atom stereocenters. The number of ether oxygens (including phenoxy) is 2. The van der Waals surface area contributed by atoms with Crippen LogP contribution in [-0.4, -0.2) is 79.1 Å². The number of alkyl halides is 3. The van der Waals surface area contributed by atoms with Crippen LogP contribution in [0.25, 0.3) is 0 Å². The van der Waals surface area contributed by atoms with Crippen LogP contribution in [-0.2, 0) is 16.0 Å². The van der Waals surface area contributed by atoms with Gasteiger partial charge in [-0.25, -0.2) is 4.79 Å². The third-order valence-corrected chi connectivity index (χ3v) is 7.57. The average molecular weight is 504 g/mol. The van der Waals surface area contributed by atoms with Crippen LogP contribution in [0.15, 0.2) is 18.2 Å². The van der Waals surface area contributed by atoms with Crippen molar-refractivity contribution in [2.45, 2.75) is 70.0 Å². The number of nitrogens with zero attached hydrogens (tertiary/aromatic N) is 3. The molecule has 3 heterocycles. The Hall–Kier alpha value is -1.71. The van der Waals surface area contributed by atoms with Gasteiger partial charge >= 0.3 is 12.3 Å². The monoisotopic (exact) mass is 503 g/mol. The molecule has 10 heteroatoms. The van der Waals surface area contributed by atoms with Crippen LogP contribution in [0.3, 0.4) is 0 Å². The maximum Gasteiger partial charge on any atom is 0.425 e. The van der Waals surface area contributed by atoms with Gasteiger partial charge in [0.15, 0.2) is 6.10 Å². The fourth-order valence-electron chi connectivity index (χ4n) is 5.39. The van der Waals surface area contributed by atoms with Crippen molar-refractivity contribution in [1.82, 2.24) is 9.80 Å². The number of halogens is 4. The molecule has 3 saturated heterocycles. The standard InChI is InChI=1S/C24H33ClF3N3O3/c1-17-15-30(10-11-33-17)21-13-19(12-20(25)14-21)16-31-7-3-4-23(31)5-8-29(9-6-23)22(32)34-18(2)24(26,27)28/h12-14,17-18H,3-11,15-16H2,1-2H3. The van der Waals surface area contributed by atoms with Crippen LogP contribution >= 0.6 is 11.6 Å². The Morgan fingerprint density at radius 3 is 2.62 bits per heavy atom. The minimum absolute atomic E-state index is 0.0532. The van der Waals surface area contributed by atoms with Crippen molar-refractivity contribution in [1.29, 1.82) is 0 Å². The van der Waals surface area contributed by atoms with Gasteiger partial charge in [0.05, 0.1) is 12.7 Å². The summed E-state index contributed by atoms with van der Waals surface area (Å²) >= 11 is 6.48. The van der Waals surface area contributed by atoms with Crippen molar-refractivity contribution in [2.75, 3.05) is 44.2 Å². The van der Waals surface area contributed by atoms with E-state index in [2.05, 4.69) is 27.5 Å². The van der Waals surface area contributed by atoms with Gasteiger partial charge in [0.25, 0.3) is 0 Å². The number of piperidine rings is 1. The molecule has 0 aromatic heterocycles. The van der Waals surface area contributed by atoms with Gasteiger partial charge in [-0.1, -0.05) is 11.6 Å². The SMILES string of the molecule is CC1CN(c2cc(Cl)cc(CN3CCCC34CCN(C(=O)OC(C)C(F)(F)F)CC4)c2)CCO1. The number of carbonyl (C=O) groups is 1. The van der Waals surface area contributed by atoms with Crippen LogP contribution in [0.1, 0.15) is 45.1 Å². The number of morpholine rings is 1. The molecule has 3 aliphatic heterocycles. The number of amides is 1. The molecular weight excluding hydrogens is 471 g/mol. The van der Waals surface area contributed by atoms with E-state index in [4.69, 9.17) is 16.3 Å². The van der Waals surface area contributed by atoms with Gasteiger partial charge in [0.1, 0.15) is 0 Å². The normalized spacial score (nSPS) is 24.5. The van der Waals surface area contributed by atoms with E-state index >= 15 is 0 Å². The van der Waals surface area contributed by atoms with Gasteiger partial charge in [-0.3, -0.25) is 4.90 Å². The summed E-state index contributed by atoms with van der Waals surface area (Å²) in [5.41, 5.74) is 2.19. The lowest BCUT2D eigenvalue weighted by molar-refractivity contribution is -0.200. The van der Waals surface area contributed by atoms with Crippen LogP contribution in [0.4, 0.5) is 23.7 Å². The first-order valence-electron chi connectivity index (χ1n) is 12.0. The number of rotatable bonds is 4. The topological polar surface area (TPSA) is 45.2 Å². The second-order valence-corrected chi connectivity index (χ2v) is 10.2. The van der Waals surface area contributed by atoms with E-state index in [-0.39, 0.29) is 11.6 Å². The lowest BCUT2D eigenvalue weighted by atomic mass is 9.85. The zero-order valence-electron chi connectivity index (χ0n) is 19.7. The summed E-state index contributed by atoms with van der Waals surface area (Å²) in [6, 6.07) is 6.20. The van der Waals surface area contributed by atoms with Crippen molar-refractivity contribution < 1.29 is 27.4 Å². The van der Waals surface area contributed by atoms with Crippen LogP contribution in [0, 0.1) is 0 Å². The van der Waals surface area contributed by atoms with Crippen molar-refractivity contribution in [3.63, 3.8) is 0 Å². The molecule has 1 aromatic carbocycles. The summed E-state index contributed by atoms with van der Waals surface area (Å²) < 4.78 is 48.5. The fraction of sp³-hybridized carbons (Fsp3) is 0.708. The molecule has 0 radical (unpaired) electrons. The molecule has 34 heavy (non-hydrogen) atoms. The molecule has 6 nitrogen and oxygen atoms in total. The molecule has 0 N–H and O–H groups in total.